The number of rotatable bonds is 0. The summed E-state index contributed by atoms with van der Waals surface area (Å²) in [6.07, 6.45) is 10.5. The van der Waals surface area contributed by atoms with E-state index in [1.54, 1.807) is 0 Å². The molecule has 0 unspecified atom stereocenters. The second-order valence-corrected chi connectivity index (χ2v) is 3.38. The Kier molecular flexibility index (Phi) is 7.54. The summed E-state index contributed by atoms with van der Waals surface area (Å²) in [5.74, 6) is 0.167. The number of hydrogen-bond donors (Lipinski definition) is 0. The smallest absolute Gasteiger partial charge is 0.126 e. The molecular formula is C10H20O. The maximum absolute atomic E-state index is 9.44. The minimum absolute atomic E-state index is 0.167. The first-order valence-electron chi connectivity index (χ1n) is 4.70. The van der Waals surface area contributed by atoms with E-state index in [2.05, 4.69) is 0 Å². The first kappa shape index (κ1) is 10.7. The number of carbonyl (C=O) groups excluding carboxylic acids is 1. The maximum Gasteiger partial charge on any atom is 0.126 e. The first-order chi connectivity index (χ1) is 5.23. The molecule has 0 N–H and O–H groups in total. The molecule has 0 amide bonds. The van der Waals surface area contributed by atoms with Gasteiger partial charge in [-0.15, -0.1) is 0 Å². The average molecular weight is 156 g/mol. The third-order valence-electron chi connectivity index (χ3n) is 1.75. The van der Waals surface area contributed by atoms with Crippen molar-refractivity contribution in [3.05, 3.63) is 0 Å². The highest BCUT2D eigenvalue weighted by atomic mass is 16.1. The quantitative estimate of drug-likeness (QED) is 0.492. The van der Waals surface area contributed by atoms with Crippen molar-refractivity contribution in [3.8, 4) is 0 Å². The Morgan fingerprint density at radius 1 is 0.727 bits per heavy atom. The number of carbonyl (C=O) groups is 1. The van der Waals surface area contributed by atoms with Gasteiger partial charge in [0.25, 0.3) is 0 Å². The van der Waals surface area contributed by atoms with Crippen LogP contribution < -0.4 is 0 Å². The summed E-state index contributed by atoms with van der Waals surface area (Å²) in [6, 6.07) is 0. The Morgan fingerprint density at radius 2 is 0.818 bits per heavy atom. The zero-order valence-electron chi connectivity index (χ0n) is 7.86. The monoisotopic (exact) mass is 156 g/mol. The molecule has 0 radical (unpaired) electrons. The lowest BCUT2D eigenvalue weighted by atomic mass is 10.2. The summed E-state index contributed by atoms with van der Waals surface area (Å²) >= 11 is 0. The van der Waals surface area contributed by atoms with Gasteiger partial charge in [0.1, 0.15) is 5.78 Å². The van der Waals surface area contributed by atoms with Gasteiger partial charge in [-0.1, -0.05) is 44.9 Å². The number of Topliss-reactive ketones (excluding diaryl/α,β-unsaturated/α-hetero) is 1. The lowest BCUT2D eigenvalue weighted by molar-refractivity contribution is -0.114. The van der Waals surface area contributed by atoms with Crippen LogP contribution in [0, 0.1) is 0 Å². The molecule has 1 rings (SSSR count). The zero-order chi connectivity index (χ0) is 8.53. The van der Waals surface area contributed by atoms with Gasteiger partial charge in [0.15, 0.2) is 0 Å². The second-order valence-electron chi connectivity index (χ2n) is 3.38. The third kappa shape index (κ3) is 12.8. The van der Waals surface area contributed by atoms with Crippen LogP contribution in [0.1, 0.15) is 58.8 Å². The largest absolute Gasteiger partial charge is 0.300 e. The molecule has 0 atom stereocenters. The summed E-state index contributed by atoms with van der Waals surface area (Å²) in [4.78, 5) is 9.44. The molecule has 0 aromatic carbocycles. The van der Waals surface area contributed by atoms with Crippen molar-refractivity contribution in [3.63, 3.8) is 0 Å². The fourth-order valence-electron chi connectivity index (χ4n) is 1.24. The van der Waals surface area contributed by atoms with Crippen LogP contribution in [0.4, 0.5) is 0 Å². The lowest BCUT2D eigenvalue weighted by Gasteiger charge is -1.85. The highest BCUT2D eigenvalue weighted by molar-refractivity contribution is 5.72. The van der Waals surface area contributed by atoms with Gasteiger partial charge in [0.05, 0.1) is 0 Å². The van der Waals surface area contributed by atoms with Crippen molar-refractivity contribution in [1.82, 2.24) is 0 Å². The van der Waals surface area contributed by atoms with Crippen molar-refractivity contribution >= 4 is 5.78 Å². The van der Waals surface area contributed by atoms with E-state index in [4.69, 9.17) is 0 Å². The van der Waals surface area contributed by atoms with E-state index in [0.29, 0.717) is 0 Å². The van der Waals surface area contributed by atoms with E-state index in [-0.39, 0.29) is 5.78 Å². The lowest BCUT2D eigenvalue weighted by Crippen LogP contribution is -1.69. The summed E-state index contributed by atoms with van der Waals surface area (Å²) in [5.41, 5.74) is 0. The van der Waals surface area contributed by atoms with Crippen LogP contribution >= 0.6 is 0 Å². The summed E-state index contributed by atoms with van der Waals surface area (Å²) in [6.45, 7) is 3.06. The standard InChI is InChI=1S/C7H14.C3H6O/c1-2-4-6-7-5-3-1;1-3(2)4/h1-7H2;1-2H3. The van der Waals surface area contributed by atoms with Gasteiger partial charge < -0.3 is 4.79 Å². The molecule has 66 valence electrons. The van der Waals surface area contributed by atoms with E-state index >= 15 is 0 Å². The molecule has 1 nitrogen and oxygen atoms in total. The summed E-state index contributed by atoms with van der Waals surface area (Å²) in [7, 11) is 0. The Balaban J connectivity index is 0.000000218. The van der Waals surface area contributed by atoms with Crippen LogP contribution in [0.3, 0.4) is 0 Å². The van der Waals surface area contributed by atoms with Gasteiger partial charge in [-0.05, 0) is 13.8 Å². The van der Waals surface area contributed by atoms with Crippen molar-refractivity contribution < 1.29 is 4.79 Å². The van der Waals surface area contributed by atoms with Crippen molar-refractivity contribution in [2.75, 3.05) is 0 Å². The zero-order valence-corrected chi connectivity index (χ0v) is 7.86. The fourth-order valence-corrected chi connectivity index (χ4v) is 1.24. The van der Waals surface area contributed by atoms with Crippen LogP contribution in [-0.2, 0) is 4.79 Å². The van der Waals surface area contributed by atoms with Gasteiger partial charge in [0.2, 0.25) is 0 Å². The van der Waals surface area contributed by atoms with Gasteiger partial charge >= 0.3 is 0 Å². The van der Waals surface area contributed by atoms with Crippen LogP contribution in [0.2, 0.25) is 0 Å². The molecule has 0 bridgehead atoms. The summed E-state index contributed by atoms with van der Waals surface area (Å²) in [5, 5.41) is 0. The molecule has 0 aromatic heterocycles. The van der Waals surface area contributed by atoms with Gasteiger partial charge in [-0.2, -0.15) is 0 Å². The predicted octanol–water partition coefficient (Wildman–Crippen LogP) is 3.33. The number of ketones is 1. The highest BCUT2D eigenvalue weighted by Crippen LogP contribution is 2.15. The Hall–Kier alpha value is -0.330. The molecule has 1 fully saturated rings. The van der Waals surface area contributed by atoms with E-state index in [0.717, 1.165) is 0 Å². The highest BCUT2D eigenvalue weighted by Gasteiger charge is 1.95. The topological polar surface area (TPSA) is 17.1 Å². The fraction of sp³-hybridized carbons (Fsp3) is 0.900. The Labute approximate surface area is 70.2 Å². The van der Waals surface area contributed by atoms with Gasteiger partial charge in [-0.3, -0.25) is 0 Å². The Morgan fingerprint density at radius 3 is 0.909 bits per heavy atom. The Bertz CT molecular complexity index is 73.4. The second kappa shape index (κ2) is 7.77. The van der Waals surface area contributed by atoms with E-state index < -0.39 is 0 Å². The molecular weight excluding hydrogens is 136 g/mol. The van der Waals surface area contributed by atoms with Crippen LogP contribution in [0.5, 0.6) is 0 Å². The minimum atomic E-state index is 0.167. The number of hydrogen-bond acceptors (Lipinski definition) is 1. The molecule has 0 heterocycles. The maximum atomic E-state index is 9.44. The molecule has 0 aromatic rings. The van der Waals surface area contributed by atoms with Crippen molar-refractivity contribution in [2.45, 2.75) is 58.8 Å². The van der Waals surface area contributed by atoms with Crippen molar-refractivity contribution in [1.29, 1.82) is 0 Å². The molecule has 1 saturated carbocycles. The molecule has 0 spiro atoms. The first-order valence-corrected chi connectivity index (χ1v) is 4.70. The van der Waals surface area contributed by atoms with E-state index in [1.165, 1.54) is 58.8 Å². The summed E-state index contributed by atoms with van der Waals surface area (Å²) < 4.78 is 0. The predicted molar refractivity (Wildman–Crippen MR) is 48.7 cm³/mol. The third-order valence-corrected chi connectivity index (χ3v) is 1.75. The van der Waals surface area contributed by atoms with E-state index in [9.17, 15) is 4.79 Å². The normalized spacial score (nSPS) is 17.6. The van der Waals surface area contributed by atoms with Gasteiger partial charge in [-0.25, -0.2) is 0 Å². The molecule has 1 aliphatic carbocycles. The van der Waals surface area contributed by atoms with Crippen molar-refractivity contribution in [2.24, 2.45) is 0 Å². The average Bonchev–Trinajstić information content (AvgIpc) is 2.13. The minimum Gasteiger partial charge on any atom is -0.300 e. The SMILES string of the molecule is C1CCCCCC1.CC(C)=O. The van der Waals surface area contributed by atoms with Gasteiger partial charge in [0, 0.05) is 0 Å². The molecule has 0 aliphatic heterocycles. The molecule has 0 saturated heterocycles. The van der Waals surface area contributed by atoms with Crippen LogP contribution in [0.25, 0.3) is 0 Å². The molecule has 1 aliphatic rings. The molecule has 11 heavy (non-hydrogen) atoms. The molecule has 1 heteroatoms. The van der Waals surface area contributed by atoms with Crippen LogP contribution in [0.15, 0.2) is 0 Å². The van der Waals surface area contributed by atoms with E-state index in [1.807, 2.05) is 0 Å². The van der Waals surface area contributed by atoms with Crippen LogP contribution in [-0.4, -0.2) is 5.78 Å².